The van der Waals surface area contributed by atoms with Gasteiger partial charge in [0.15, 0.2) is 0 Å². The summed E-state index contributed by atoms with van der Waals surface area (Å²) in [6, 6.07) is 8.25. The summed E-state index contributed by atoms with van der Waals surface area (Å²) >= 11 is 3.47. The number of carbonyl (C=O) groups excluding carboxylic acids is 1. The molecule has 0 radical (unpaired) electrons. The zero-order valence-electron chi connectivity index (χ0n) is 11.0. The molecule has 2 unspecified atom stereocenters. The summed E-state index contributed by atoms with van der Waals surface area (Å²) in [5.74, 6) is 0.789. The molecule has 1 aliphatic carbocycles. The van der Waals surface area contributed by atoms with Crippen molar-refractivity contribution in [1.82, 2.24) is 10.6 Å². The molecular weight excluding hydrogens is 328 g/mol. The monoisotopic (exact) mass is 346 g/mol. The first-order chi connectivity index (χ1) is 8.72. The zero-order chi connectivity index (χ0) is 13.0. The predicted molar refractivity (Wildman–Crippen MR) is 83.8 cm³/mol. The summed E-state index contributed by atoms with van der Waals surface area (Å²) in [7, 11) is 1.92. The molecule has 2 rings (SSSR count). The molecule has 1 aliphatic rings. The van der Waals surface area contributed by atoms with Crippen molar-refractivity contribution in [3.8, 4) is 0 Å². The lowest BCUT2D eigenvalue weighted by molar-refractivity contribution is -0.122. The van der Waals surface area contributed by atoms with Gasteiger partial charge in [-0.25, -0.2) is 0 Å². The highest BCUT2D eigenvalue weighted by Crippen LogP contribution is 2.47. The Labute approximate surface area is 129 Å². The summed E-state index contributed by atoms with van der Waals surface area (Å²) in [6.07, 6.45) is 1.96. The molecule has 1 aromatic carbocycles. The van der Waals surface area contributed by atoms with Gasteiger partial charge in [0.2, 0.25) is 5.91 Å². The Bertz CT molecular complexity index is 428. The lowest BCUT2D eigenvalue weighted by Gasteiger charge is -2.05. The maximum atomic E-state index is 11.9. The Morgan fingerprint density at radius 1 is 1.42 bits per heavy atom. The van der Waals surface area contributed by atoms with E-state index in [1.807, 2.05) is 19.2 Å². The fraction of sp³-hybridized carbons (Fsp3) is 0.500. The van der Waals surface area contributed by atoms with E-state index in [0.29, 0.717) is 5.92 Å². The Morgan fingerprint density at radius 3 is 2.89 bits per heavy atom. The molecule has 5 heteroatoms. The van der Waals surface area contributed by atoms with Gasteiger partial charge < -0.3 is 10.6 Å². The summed E-state index contributed by atoms with van der Waals surface area (Å²) in [5.41, 5.74) is 1.26. The number of rotatable bonds is 6. The molecule has 1 amide bonds. The molecule has 0 saturated heterocycles. The molecule has 3 nitrogen and oxygen atoms in total. The highest BCUT2D eigenvalue weighted by molar-refractivity contribution is 9.10. The van der Waals surface area contributed by atoms with E-state index >= 15 is 0 Å². The van der Waals surface area contributed by atoms with Crippen molar-refractivity contribution in [2.24, 2.45) is 5.92 Å². The minimum absolute atomic E-state index is 0. The van der Waals surface area contributed by atoms with Gasteiger partial charge in [-0.1, -0.05) is 28.1 Å². The van der Waals surface area contributed by atoms with Gasteiger partial charge in [-0.3, -0.25) is 4.79 Å². The summed E-state index contributed by atoms with van der Waals surface area (Å²) in [6.45, 7) is 1.71. The topological polar surface area (TPSA) is 41.1 Å². The average Bonchev–Trinajstić information content (AvgIpc) is 3.15. The van der Waals surface area contributed by atoms with Crippen molar-refractivity contribution >= 4 is 34.2 Å². The van der Waals surface area contributed by atoms with Crippen molar-refractivity contribution < 1.29 is 4.79 Å². The van der Waals surface area contributed by atoms with E-state index in [1.165, 1.54) is 5.56 Å². The molecular formula is C14H20BrClN2O. The first kappa shape index (κ1) is 16.5. The minimum Gasteiger partial charge on any atom is -0.356 e. The van der Waals surface area contributed by atoms with Crippen LogP contribution in [0.15, 0.2) is 28.7 Å². The van der Waals surface area contributed by atoms with Crippen LogP contribution >= 0.6 is 28.3 Å². The molecule has 2 N–H and O–H groups in total. The lowest BCUT2D eigenvalue weighted by atomic mass is 10.1. The highest BCUT2D eigenvalue weighted by Gasteiger charge is 2.43. The van der Waals surface area contributed by atoms with Crippen LogP contribution in [0.1, 0.15) is 24.3 Å². The number of hydrogen-bond acceptors (Lipinski definition) is 2. The molecule has 0 aliphatic heterocycles. The Morgan fingerprint density at radius 2 is 2.21 bits per heavy atom. The van der Waals surface area contributed by atoms with Crippen molar-refractivity contribution in [2.75, 3.05) is 20.1 Å². The second-order valence-corrected chi connectivity index (χ2v) is 5.67. The zero-order valence-corrected chi connectivity index (χ0v) is 13.4. The molecule has 2 atom stereocenters. The quantitative estimate of drug-likeness (QED) is 0.777. The number of hydrogen-bond donors (Lipinski definition) is 2. The Kier molecular flexibility index (Phi) is 6.83. The van der Waals surface area contributed by atoms with E-state index in [9.17, 15) is 4.79 Å². The van der Waals surface area contributed by atoms with Gasteiger partial charge in [-0.2, -0.15) is 0 Å². The molecule has 0 spiro atoms. The van der Waals surface area contributed by atoms with Crippen molar-refractivity contribution in [3.63, 3.8) is 0 Å². The van der Waals surface area contributed by atoms with Gasteiger partial charge in [-0.15, -0.1) is 12.4 Å². The number of amides is 1. The fourth-order valence-corrected chi connectivity index (χ4v) is 2.62. The van der Waals surface area contributed by atoms with Gasteiger partial charge >= 0.3 is 0 Å². The van der Waals surface area contributed by atoms with E-state index in [2.05, 4.69) is 38.7 Å². The maximum absolute atomic E-state index is 11.9. The van der Waals surface area contributed by atoms with Crippen molar-refractivity contribution in [2.45, 2.75) is 18.8 Å². The Balaban J connectivity index is 0.00000180. The van der Waals surface area contributed by atoms with E-state index in [4.69, 9.17) is 0 Å². The van der Waals surface area contributed by atoms with Crippen molar-refractivity contribution in [3.05, 3.63) is 34.3 Å². The first-order valence-corrected chi connectivity index (χ1v) is 7.19. The van der Waals surface area contributed by atoms with Gasteiger partial charge in [0, 0.05) is 16.9 Å². The maximum Gasteiger partial charge on any atom is 0.223 e. The average molecular weight is 348 g/mol. The van der Waals surface area contributed by atoms with Crippen LogP contribution in [0.4, 0.5) is 0 Å². The molecule has 0 aromatic heterocycles. The van der Waals surface area contributed by atoms with Crippen molar-refractivity contribution in [1.29, 1.82) is 0 Å². The predicted octanol–water partition coefficient (Wildman–Crippen LogP) is 2.70. The number of benzene rings is 1. The van der Waals surface area contributed by atoms with Crippen LogP contribution in [0.5, 0.6) is 0 Å². The van der Waals surface area contributed by atoms with Crippen LogP contribution in [0.2, 0.25) is 0 Å². The van der Waals surface area contributed by atoms with Crippen LogP contribution in [0.3, 0.4) is 0 Å². The molecule has 19 heavy (non-hydrogen) atoms. The molecule has 106 valence electrons. The van der Waals surface area contributed by atoms with Crippen LogP contribution in [0, 0.1) is 5.92 Å². The van der Waals surface area contributed by atoms with Gasteiger partial charge in [0.25, 0.3) is 0 Å². The molecule has 0 heterocycles. The number of carbonyl (C=O) groups is 1. The Hall–Kier alpha value is -0.580. The number of nitrogens with one attached hydrogen (secondary N) is 2. The van der Waals surface area contributed by atoms with Crippen LogP contribution < -0.4 is 10.6 Å². The summed E-state index contributed by atoms with van der Waals surface area (Å²) in [4.78, 5) is 11.9. The van der Waals surface area contributed by atoms with E-state index in [0.717, 1.165) is 30.4 Å². The SMILES string of the molecule is CNCCCNC(=O)C1CC1c1cccc(Br)c1.Cl. The number of halogens is 2. The van der Waals surface area contributed by atoms with E-state index in [-0.39, 0.29) is 24.2 Å². The highest BCUT2D eigenvalue weighted by atomic mass is 79.9. The van der Waals surface area contributed by atoms with Crippen LogP contribution in [-0.2, 0) is 4.79 Å². The molecule has 1 fully saturated rings. The first-order valence-electron chi connectivity index (χ1n) is 6.40. The lowest BCUT2D eigenvalue weighted by Crippen LogP contribution is -2.28. The normalized spacial score (nSPS) is 20.5. The molecule has 1 aromatic rings. The molecule has 1 saturated carbocycles. The largest absolute Gasteiger partial charge is 0.356 e. The second-order valence-electron chi connectivity index (χ2n) is 4.75. The third-order valence-electron chi connectivity index (χ3n) is 3.31. The standard InChI is InChI=1S/C14H19BrN2O.ClH/c1-16-6-3-7-17-14(18)13-9-12(13)10-4-2-5-11(15)8-10;/h2,4-5,8,12-13,16H,3,6-7,9H2,1H3,(H,17,18);1H. The third kappa shape index (κ3) is 4.79. The minimum atomic E-state index is 0. The van der Waals surface area contributed by atoms with Gasteiger partial charge in [-0.05, 0) is 50.0 Å². The van der Waals surface area contributed by atoms with E-state index in [1.54, 1.807) is 0 Å². The third-order valence-corrected chi connectivity index (χ3v) is 3.80. The summed E-state index contributed by atoms with van der Waals surface area (Å²) in [5, 5.41) is 6.07. The second kappa shape index (κ2) is 7.88. The molecule has 0 bridgehead atoms. The van der Waals surface area contributed by atoms with Crippen LogP contribution in [-0.4, -0.2) is 26.0 Å². The smallest absolute Gasteiger partial charge is 0.223 e. The van der Waals surface area contributed by atoms with Gasteiger partial charge in [0.05, 0.1) is 0 Å². The fourth-order valence-electron chi connectivity index (χ4n) is 2.20. The summed E-state index contributed by atoms with van der Waals surface area (Å²) < 4.78 is 1.08. The van der Waals surface area contributed by atoms with Crippen LogP contribution in [0.25, 0.3) is 0 Å². The van der Waals surface area contributed by atoms with Gasteiger partial charge in [0.1, 0.15) is 0 Å². The van der Waals surface area contributed by atoms with E-state index < -0.39 is 0 Å².